The van der Waals surface area contributed by atoms with Gasteiger partial charge in [-0.3, -0.25) is 14.3 Å². The molecule has 39 heavy (non-hydrogen) atoms. The Bertz CT molecular complexity index is 1630. The molecule has 11 heteroatoms. The van der Waals surface area contributed by atoms with Crippen molar-refractivity contribution in [2.24, 2.45) is 0 Å². The fourth-order valence-corrected chi connectivity index (χ4v) is 5.48. The number of fused-ring (bicyclic) bond motifs is 1. The summed E-state index contributed by atoms with van der Waals surface area (Å²) in [4.78, 5) is 28.5. The highest BCUT2D eigenvalue weighted by Crippen LogP contribution is 2.38. The van der Waals surface area contributed by atoms with Gasteiger partial charge in [-0.2, -0.15) is 19.1 Å². The first-order valence-electron chi connectivity index (χ1n) is 12.0. The second-order valence-electron chi connectivity index (χ2n) is 9.80. The van der Waals surface area contributed by atoms with Crippen LogP contribution >= 0.6 is 0 Å². The van der Waals surface area contributed by atoms with Crippen molar-refractivity contribution in [3.05, 3.63) is 107 Å². The van der Waals surface area contributed by atoms with E-state index in [-0.39, 0.29) is 39.4 Å². The lowest BCUT2D eigenvalue weighted by Crippen LogP contribution is -2.58. The minimum atomic E-state index is -3.21. The van der Waals surface area contributed by atoms with Gasteiger partial charge in [0.2, 0.25) is 0 Å². The summed E-state index contributed by atoms with van der Waals surface area (Å²) in [5.41, 5.74) is 0.445. The fraction of sp³-hybridized carbons (Fsp3) is 0.143. The highest BCUT2D eigenvalue weighted by Gasteiger charge is 2.42. The molecule has 0 bridgehead atoms. The van der Waals surface area contributed by atoms with Gasteiger partial charge in [-0.1, -0.05) is 42.5 Å². The minimum absolute atomic E-state index is 0.0138. The number of phenolic OH excluding ortho intramolecular Hbond substituents is 1. The SMILES string of the molecule is C[C@]1([SiH3])Cn2ncc(C(=O)Nc3ccc(O)c(C#N)c3)c2C(=O)N1c1ccc(C(F)(F)c2ccccc2)cc1. The van der Waals surface area contributed by atoms with Crippen LogP contribution in [0.15, 0.2) is 79.0 Å². The first-order valence-corrected chi connectivity index (χ1v) is 13.0. The quantitative estimate of drug-likeness (QED) is 0.295. The third kappa shape index (κ3) is 4.55. The van der Waals surface area contributed by atoms with Gasteiger partial charge in [0, 0.05) is 37.9 Å². The predicted molar refractivity (Wildman–Crippen MR) is 144 cm³/mol. The van der Waals surface area contributed by atoms with Crippen molar-refractivity contribution in [3.8, 4) is 11.8 Å². The Morgan fingerprint density at radius 3 is 2.46 bits per heavy atom. The molecule has 0 saturated heterocycles. The lowest BCUT2D eigenvalue weighted by molar-refractivity contribution is 0.0428. The monoisotopic (exact) mass is 543 g/mol. The summed E-state index contributed by atoms with van der Waals surface area (Å²) in [5, 5.41) is 25.1. The van der Waals surface area contributed by atoms with Crippen LogP contribution in [0.5, 0.6) is 5.75 Å². The number of phenols is 1. The molecule has 4 aromatic rings. The Morgan fingerprint density at radius 2 is 1.79 bits per heavy atom. The predicted octanol–water partition coefficient (Wildman–Crippen LogP) is 3.59. The molecule has 3 aromatic carbocycles. The second-order valence-corrected chi connectivity index (χ2v) is 12.0. The summed E-state index contributed by atoms with van der Waals surface area (Å²) >= 11 is 0. The van der Waals surface area contributed by atoms with Crippen LogP contribution in [0.2, 0.25) is 0 Å². The van der Waals surface area contributed by atoms with Crippen molar-refractivity contribution < 1.29 is 23.5 Å². The molecule has 1 atom stereocenters. The summed E-state index contributed by atoms with van der Waals surface area (Å²) in [6.45, 7) is 2.20. The van der Waals surface area contributed by atoms with E-state index in [0.29, 0.717) is 22.5 Å². The minimum Gasteiger partial charge on any atom is -0.507 e. The zero-order chi connectivity index (χ0) is 27.9. The molecule has 2 amide bonds. The van der Waals surface area contributed by atoms with Gasteiger partial charge in [0.1, 0.15) is 17.5 Å². The number of rotatable bonds is 5. The van der Waals surface area contributed by atoms with Crippen molar-refractivity contribution in [2.75, 3.05) is 10.2 Å². The standard InChI is InChI=1S/C28H23F2N5O3Si/c1-27(39)16-34-24(22(15-32-34)25(37)33-20-9-12-23(36)17(13-20)14-31)26(38)35(27)21-10-7-19(8-11-21)28(29,30)18-5-3-2-4-6-18/h2-13,15,36H,16H2,1,39H3,(H,33,37)/t27-/m0/s1. The van der Waals surface area contributed by atoms with Gasteiger partial charge in [-0.15, -0.1) is 0 Å². The van der Waals surface area contributed by atoms with Crippen LogP contribution in [0.1, 0.15) is 44.5 Å². The number of alkyl halides is 2. The van der Waals surface area contributed by atoms with E-state index in [0.717, 1.165) is 0 Å². The first kappa shape index (κ1) is 25.8. The molecule has 0 spiro atoms. The topological polar surface area (TPSA) is 111 Å². The number of amides is 2. The van der Waals surface area contributed by atoms with E-state index in [1.165, 1.54) is 70.4 Å². The molecule has 0 fully saturated rings. The molecule has 0 radical (unpaired) electrons. The van der Waals surface area contributed by atoms with Gasteiger partial charge in [-0.05, 0) is 37.3 Å². The lowest BCUT2D eigenvalue weighted by Gasteiger charge is -2.42. The molecule has 0 saturated carbocycles. The summed E-state index contributed by atoms with van der Waals surface area (Å²) in [6, 6.07) is 19.0. The number of halogens is 2. The molecular formula is C28H23F2N5O3Si. The maximum Gasteiger partial charge on any atom is 0.298 e. The molecule has 0 unspecified atom stereocenters. The zero-order valence-electron chi connectivity index (χ0n) is 21.0. The molecule has 0 aliphatic carbocycles. The first-order chi connectivity index (χ1) is 18.5. The molecule has 8 nitrogen and oxygen atoms in total. The van der Waals surface area contributed by atoms with Crippen LogP contribution < -0.4 is 10.2 Å². The van der Waals surface area contributed by atoms with Crippen LogP contribution in [0.25, 0.3) is 0 Å². The van der Waals surface area contributed by atoms with Crippen LogP contribution in [-0.2, 0) is 12.5 Å². The Labute approximate surface area is 225 Å². The number of hydrogen-bond acceptors (Lipinski definition) is 5. The molecule has 1 aliphatic rings. The molecule has 2 heterocycles. The number of carbonyl (C=O) groups is 2. The molecule has 1 aliphatic heterocycles. The summed E-state index contributed by atoms with van der Waals surface area (Å²) < 4.78 is 31.6. The summed E-state index contributed by atoms with van der Waals surface area (Å²) in [6.07, 6.45) is 1.30. The number of nitriles is 1. The van der Waals surface area contributed by atoms with Crippen LogP contribution in [0, 0.1) is 11.3 Å². The zero-order valence-corrected chi connectivity index (χ0v) is 23.0. The number of aromatic hydroxyl groups is 1. The number of hydrogen-bond donors (Lipinski definition) is 2. The third-order valence-electron chi connectivity index (χ3n) is 6.63. The Hall–Kier alpha value is -4.82. The van der Waals surface area contributed by atoms with E-state index >= 15 is 8.78 Å². The second kappa shape index (κ2) is 9.49. The van der Waals surface area contributed by atoms with Crippen molar-refractivity contribution in [1.82, 2.24) is 9.78 Å². The summed E-state index contributed by atoms with van der Waals surface area (Å²) in [5.74, 6) is -4.52. The van der Waals surface area contributed by atoms with Crippen molar-refractivity contribution in [1.29, 1.82) is 5.26 Å². The number of nitrogens with zero attached hydrogens (tertiary/aromatic N) is 4. The van der Waals surface area contributed by atoms with Gasteiger partial charge in [0.15, 0.2) is 0 Å². The van der Waals surface area contributed by atoms with Gasteiger partial charge in [-0.25, -0.2) is 0 Å². The molecule has 1 aromatic heterocycles. The van der Waals surface area contributed by atoms with Gasteiger partial charge >= 0.3 is 0 Å². The maximum absolute atomic E-state index is 15.1. The Balaban J connectivity index is 1.45. The lowest BCUT2D eigenvalue weighted by atomic mass is 9.99. The normalized spacial score (nSPS) is 17.0. The highest BCUT2D eigenvalue weighted by molar-refractivity contribution is 6.25. The number of nitrogens with one attached hydrogen (secondary N) is 1. The van der Waals surface area contributed by atoms with Crippen molar-refractivity contribution >= 4 is 33.4 Å². The third-order valence-corrected chi connectivity index (χ3v) is 7.39. The van der Waals surface area contributed by atoms with E-state index < -0.39 is 22.9 Å². The average molecular weight is 544 g/mol. The van der Waals surface area contributed by atoms with Gasteiger partial charge < -0.3 is 15.3 Å². The summed E-state index contributed by atoms with van der Waals surface area (Å²) in [7, 11) is 0.530. The van der Waals surface area contributed by atoms with Crippen molar-refractivity contribution in [3.63, 3.8) is 0 Å². The maximum atomic E-state index is 15.1. The van der Waals surface area contributed by atoms with E-state index in [9.17, 15) is 14.7 Å². The van der Waals surface area contributed by atoms with Crippen LogP contribution in [0.4, 0.5) is 20.2 Å². The van der Waals surface area contributed by atoms with Crippen molar-refractivity contribution in [2.45, 2.75) is 24.6 Å². The van der Waals surface area contributed by atoms with E-state index in [1.807, 2.05) is 13.0 Å². The number of aromatic nitrogens is 2. The fourth-order valence-electron chi connectivity index (χ4n) is 4.72. The van der Waals surface area contributed by atoms with Gasteiger partial charge in [0.05, 0.1) is 23.9 Å². The average Bonchev–Trinajstić information content (AvgIpc) is 3.33. The highest BCUT2D eigenvalue weighted by atomic mass is 28.1. The number of carbonyl (C=O) groups excluding carboxylic acids is 2. The largest absolute Gasteiger partial charge is 0.507 e. The van der Waals surface area contributed by atoms with E-state index in [2.05, 4.69) is 10.4 Å². The number of anilines is 2. The van der Waals surface area contributed by atoms with E-state index in [4.69, 9.17) is 5.26 Å². The molecule has 5 rings (SSSR count). The molecular weight excluding hydrogens is 520 g/mol. The number of benzene rings is 3. The van der Waals surface area contributed by atoms with Gasteiger partial charge in [0.25, 0.3) is 17.7 Å². The Kier molecular flexibility index (Phi) is 6.28. The Morgan fingerprint density at radius 1 is 1.13 bits per heavy atom. The molecule has 196 valence electrons. The molecule has 2 N–H and O–H groups in total. The van der Waals surface area contributed by atoms with Crippen LogP contribution in [-0.4, -0.2) is 42.1 Å². The van der Waals surface area contributed by atoms with E-state index in [1.54, 1.807) is 18.2 Å². The van der Waals surface area contributed by atoms with Crippen LogP contribution in [0.3, 0.4) is 0 Å². The smallest absolute Gasteiger partial charge is 0.298 e.